The first kappa shape index (κ1) is 11.1. The van der Waals surface area contributed by atoms with Gasteiger partial charge in [-0.2, -0.15) is 0 Å². The SMILES string of the molecule is Clc1cccc(Nc2nccn2C2CC2)c1Br. The summed E-state index contributed by atoms with van der Waals surface area (Å²) in [6, 6.07) is 6.35. The predicted octanol–water partition coefficient (Wildman–Crippen LogP) is 4.38. The van der Waals surface area contributed by atoms with Gasteiger partial charge >= 0.3 is 0 Å². The fourth-order valence-corrected chi connectivity index (χ4v) is 2.32. The Morgan fingerprint density at radius 2 is 2.24 bits per heavy atom. The molecule has 3 nitrogen and oxygen atoms in total. The molecule has 5 heteroatoms. The third-order valence-corrected chi connectivity index (χ3v) is 4.20. The molecule has 0 aliphatic heterocycles. The number of hydrogen-bond acceptors (Lipinski definition) is 2. The van der Waals surface area contributed by atoms with Gasteiger partial charge in [0.1, 0.15) is 0 Å². The van der Waals surface area contributed by atoms with E-state index < -0.39 is 0 Å². The van der Waals surface area contributed by atoms with Crippen molar-refractivity contribution in [3.63, 3.8) is 0 Å². The Morgan fingerprint density at radius 1 is 1.41 bits per heavy atom. The molecular weight excluding hydrogens is 302 g/mol. The van der Waals surface area contributed by atoms with Crippen LogP contribution in [-0.2, 0) is 0 Å². The summed E-state index contributed by atoms with van der Waals surface area (Å²) in [5, 5.41) is 4.00. The van der Waals surface area contributed by atoms with Gasteiger partial charge < -0.3 is 9.88 Å². The maximum Gasteiger partial charge on any atom is 0.207 e. The van der Waals surface area contributed by atoms with Gasteiger partial charge in [0.15, 0.2) is 0 Å². The lowest BCUT2D eigenvalue weighted by molar-refractivity contribution is 0.751. The van der Waals surface area contributed by atoms with Gasteiger partial charge in [-0.25, -0.2) is 4.98 Å². The summed E-state index contributed by atoms with van der Waals surface area (Å²) in [5.74, 6) is 0.871. The predicted molar refractivity (Wildman–Crippen MR) is 72.9 cm³/mol. The summed E-state index contributed by atoms with van der Waals surface area (Å²) in [6.45, 7) is 0. The molecule has 1 aromatic carbocycles. The van der Waals surface area contributed by atoms with Gasteiger partial charge in [0.2, 0.25) is 5.95 Å². The topological polar surface area (TPSA) is 29.9 Å². The lowest BCUT2D eigenvalue weighted by Gasteiger charge is -2.10. The molecule has 17 heavy (non-hydrogen) atoms. The summed E-state index contributed by atoms with van der Waals surface area (Å²) in [5.41, 5.74) is 0.936. The summed E-state index contributed by atoms with van der Waals surface area (Å²) >= 11 is 9.53. The Hall–Kier alpha value is -1.00. The molecular formula is C12H11BrClN3. The molecule has 0 radical (unpaired) electrons. The monoisotopic (exact) mass is 311 g/mol. The maximum absolute atomic E-state index is 6.05. The smallest absolute Gasteiger partial charge is 0.207 e. The van der Waals surface area contributed by atoms with Gasteiger partial charge in [0.05, 0.1) is 15.2 Å². The number of imidazole rings is 1. The van der Waals surface area contributed by atoms with Gasteiger partial charge in [-0.05, 0) is 40.9 Å². The third kappa shape index (κ3) is 2.19. The van der Waals surface area contributed by atoms with Gasteiger partial charge in [-0.3, -0.25) is 0 Å². The molecule has 1 aromatic heterocycles. The zero-order valence-corrected chi connectivity index (χ0v) is 11.4. The Balaban J connectivity index is 1.91. The van der Waals surface area contributed by atoms with E-state index in [1.807, 2.05) is 30.6 Å². The second-order valence-corrected chi connectivity index (χ2v) is 5.32. The van der Waals surface area contributed by atoms with E-state index in [4.69, 9.17) is 11.6 Å². The third-order valence-electron chi connectivity index (χ3n) is 2.81. The minimum atomic E-state index is 0.609. The number of benzene rings is 1. The number of hydrogen-bond donors (Lipinski definition) is 1. The van der Waals surface area contributed by atoms with Crippen LogP contribution in [0.4, 0.5) is 11.6 Å². The number of nitrogens with one attached hydrogen (secondary N) is 1. The van der Waals surface area contributed by atoms with Crippen molar-refractivity contribution in [1.29, 1.82) is 0 Å². The first-order valence-electron chi connectivity index (χ1n) is 5.49. The summed E-state index contributed by atoms with van der Waals surface area (Å²) in [6.07, 6.45) is 6.31. The molecule has 88 valence electrons. The van der Waals surface area contributed by atoms with Crippen molar-refractivity contribution in [3.8, 4) is 0 Å². The first-order valence-corrected chi connectivity index (χ1v) is 6.66. The van der Waals surface area contributed by atoms with E-state index in [-0.39, 0.29) is 0 Å². The van der Waals surface area contributed by atoms with Crippen molar-refractivity contribution in [2.45, 2.75) is 18.9 Å². The molecule has 1 N–H and O–H groups in total. The molecule has 3 rings (SSSR count). The molecule has 0 amide bonds. The number of aromatic nitrogens is 2. The number of anilines is 2. The summed E-state index contributed by atoms with van der Waals surface area (Å²) < 4.78 is 3.04. The average molecular weight is 313 g/mol. The van der Waals surface area contributed by atoms with Gasteiger partial charge in [-0.15, -0.1) is 0 Å². The largest absolute Gasteiger partial charge is 0.325 e. The summed E-state index contributed by atoms with van der Waals surface area (Å²) in [4.78, 5) is 4.33. The van der Waals surface area contributed by atoms with E-state index in [9.17, 15) is 0 Å². The molecule has 1 heterocycles. The molecule has 1 fully saturated rings. The van der Waals surface area contributed by atoms with Crippen LogP contribution >= 0.6 is 27.5 Å². The van der Waals surface area contributed by atoms with Crippen LogP contribution in [0.2, 0.25) is 5.02 Å². The van der Waals surface area contributed by atoms with Crippen molar-refractivity contribution >= 4 is 39.2 Å². The van der Waals surface area contributed by atoms with E-state index in [0.717, 1.165) is 16.1 Å². The molecule has 0 bridgehead atoms. The quantitative estimate of drug-likeness (QED) is 0.911. The van der Waals surface area contributed by atoms with Crippen LogP contribution in [0.25, 0.3) is 0 Å². The molecule has 2 aromatic rings. The first-order chi connectivity index (χ1) is 8.25. The lowest BCUT2D eigenvalue weighted by atomic mass is 10.3. The van der Waals surface area contributed by atoms with Crippen LogP contribution < -0.4 is 5.32 Å². The average Bonchev–Trinajstić information content (AvgIpc) is 3.06. The highest BCUT2D eigenvalue weighted by atomic mass is 79.9. The van der Waals surface area contributed by atoms with Crippen LogP contribution in [-0.4, -0.2) is 9.55 Å². The number of nitrogens with zero attached hydrogens (tertiary/aromatic N) is 2. The van der Waals surface area contributed by atoms with E-state index >= 15 is 0 Å². The number of rotatable bonds is 3. The zero-order valence-electron chi connectivity index (χ0n) is 9.03. The van der Waals surface area contributed by atoms with E-state index in [2.05, 4.69) is 30.8 Å². The van der Waals surface area contributed by atoms with Crippen LogP contribution in [0.5, 0.6) is 0 Å². The van der Waals surface area contributed by atoms with Crippen molar-refractivity contribution in [2.24, 2.45) is 0 Å². The molecule has 0 saturated heterocycles. The Morgan fingerprint density at radius 3 is 3.00 bits per heavy atom. The number of halogens is 2. The zero-order chi connectivity index (χ0) is 11.8. The van der Waals surface area contributed by atoms with Gasteiger partial charge in [-0.1, -0.05) is 17.7 Å². The van der Waals surface area contributed by atoms with Crippen LogP contribution in [0, 0.1) is 0 Å². The lowest BCUT2D eigenvalue weighted by Crippen LogP contribution is -2.01. The van der Waals surface area contributed by atoms with Gasteiger partial charge in [0, 0.05) is 18.4 Å². The molecule has 0 atom stereocenters. The second-order valence-electron chi connectivity index (χ2n) is 4.12. The fourth-order valence-electron chi connectivity index (χ4n) is 1.78. The van der Waals surface area contributed by atoms with Crippen molar-refractivity contribution in [2.75, 3.05) is 5.32 Å². The van der Waals surface area contributed by atoms with Crippen LogP contribution in [0.1, 0.15) is 18.9 Å². The van der Waals surface area contributed by atoms with E-state index in [1.54, 1.807) is 0 Å². The Kier molecular flexibility index (Phi) is 2.84. The van der Waals surface area contributed by atoms with Crippen LogP contribution in [0.3, 0.4) is 0 Å². The molecule has 0 spiro atoms. The standard InChI is InChI=1S/C12H11BrClN3/c13-11-9(14)2-1-3-10(11)16-12-15-6-7-17(12)8-4-5-8/h1-3,6-8H,4-5H2,(H,15,16). The van der Waals surface area contributed by atoms with Crippen LogP contribution in [0.15, 0.2) is 35.1 Å². The highest BCUT2D eigenvalue weighted by Crippen LogP contribution is 2.38. The second kappa shape index (κ2) is 4.35. The van der Waals surface area contributed by atoms with Gasteiger partial charge in [0.25, 0.3) is 0 Å². The highest BCUT2D eigenvalue weighted by Gasteiger charge is 2.25. The highest BCUT2D eigenvalue weighted by molar-refractivity contribution is 9.10. The molecule has 1 saturated carbocycles. The van der Waals surface area contributed by atoms with E-state index in [1.165, 1.54) is 12.8 Å². The molecule has 0 unspecified atom stereocenters. The fraction of sp³-hybridized carbons (Fsp3) is 0.250. The minimum absolute atomic E-state index is 0.609. The molecule has 1 aliphatic rings. The Bertz CT molecular complexity index is 548. The normalized spacial score (nSPS) is 14.9. The van der Waals surface area contributed by atoms with Crippen molar-refractivity contribution in [3.05, 3.63) is 40.1 Å². The Labute approximate surface area is 113 Å². The maximum atomic E-state index is 6.05. The van der Waals surface area contributed by atoms with Crippen molar-refractivity contribution < 1.29 is 0 Å². The summed E-state index contributed by atoms with van der Waals surface area (Å²) in [7, 11) is 0. The van der Waals surface area contributed by atoms with E-state index in [0.29, 0.717) is 11.1 Å². The van der Waals surface area contributed by atoms with Crippen molar-refractivity contribution in [1.82, 2.24) is 9.55 Å². The molecule has 1 aliphatic carbocycles. The minimum Gasteiger partial charge on any atom is -0.325 e.